The first kappa shape index (κ1) is 13.2. The van der Waals surface area contributed by atoms with Gasteiger partial charge in [-0.25, -0.2) is 0 Å². The molecule has 2 rings (SSSR count). The van der Waals surface area contributed by atoms with E-state index < -0.39 is 18.0 Å². The first-order valence-corrected chi connectivity index (χ1v) is 6.08. The van der Waals surface area contributed by atoms with E-state index in [-0.39, 0.29) is 25.0 Å². The summed E-state index contributed by atoms with van der Waals surface area (Å²) < 4.78 is 42.9. The number of hydrogen-bond acceptors (Lipinski definition) is 2. The summed E-state index contributed by atoms with van der Waals surface area (Å²) in [4.78, 5) is 11.9. The van der Waals surface area contributed by atoms with Gasteiger partial charge in [0.25, 0.3) is 0 Å². The molecule has 1 saturated carbocycles. The minimum absolute atomic E-state index is 0.0664. The van der Waals surface area contributed by atoms with Gasteiger partial charge in [-0.3, -0.25) is 4.79 Å². The van der Waals surface area contributed by atoms with Gasteiger partial charge in [0.15, 0.2) is 0 Å². The summed E-state index contributed by atoms with van der Waals surface area (Å²) in [6.45, 7) is 0. The Kier molecular flexibility index (Phi) is 3.78. The fraction of sp³-hybridized carbons (Fsp3) is 0.615. The lowest BCUT2D eigenvalue weighted by molar-refractivity contribution is -0.186. The van der Waals surface area contributed by atoms with Crippen LogP contribution in [0.3, 0.4) is 0 Å². The average Bonchev–Trinajstić information content (AvgIpc) is 2.81. The zero-order chi connectivity index (χ0) is 13.2. The number of ketones is 1. The molecule has 5 heteroatoms. The van der Waals surface area contributed by atoms with Crippen molar-refractivity contribution in [1.29, 1.82) is 0 Å². The zero-order valence-electron chi connectivity index (χ0n) is 9.87. The fourth-order valence-corrected chi connectivity index (χ4v) is 2.51. The van der Waals surface area contributed by atoms with Crippen LogP contribution in [0.5, 0.6) is 0 Å². The van der Waals surface area contributed by atoms with E-state index in [1.807, 2.05) is 0 Å². The third-order valence-electron chi connectivity index (χ3n) is 3.52. The topological polar surface area (TPSA) is 30.2 Å². The van der Waals surface area contributed by atoms with Crippen molar-refractivity contribution in [3.63, 3.8) is 0 Å². The summed E-state index contributed by atoms with van der Waals surface area (Å²) in [5.41, 5.74) is 0. The van der Waals surface area contributed by atoms with Crippen LogP contribution in [0.25, 0.3) is 0 Å². The molecule has 2 nitrogen and oxygen atoms in total. The molecule has 0 spiro atoms. The average molecular weight is 260 g/mol. The molecule has 0 saturated heterocycles. The highest BCUT2D eigenvalue weighted by molar-refractivity contribution is 5.82. The third kappa shape index (κ3) is 3.15. The molecule has 0 bridgehead atoms. The van der Waals surface area contributed by atoms with Crippen LogP contribution < -0.4 is 0 Å². The van der Waals surface area contributed by atoms with Crippen molar-refractivity contribution in [1.82, 2.24) is 0 Å². The van der Waals surface area contributed by atoms with Gasteiger partial charge in [-0.2, -0.15) is 13.2 Å². The molecule has 0 N–H and O–H groups in total. The molecule has 1 heterocycles. The quantitative estimate of drug-likeness (QED) is 0.828. The molecule has 100 valence electrons. The summed E-state index contributed by atoms with van der Waals surface area (Å²) in [5, 5.41) is 0. The second-order valence-electron chi connectivity index (χ2n) is 4.82. The molecule has 18 heavy (non-hydrogen) atoms. The Bertz CT molecular complexity index is 395. The molecule has 1 aliphatic carbocycles. The Hall–Kier alpha value is -1.26. The highest BCUT2D eigenvalue weighted by Gasteiger charge is 2.43. The van der Waals surface area contributed by atoms with Crippen LogP contribution in [-0.4, -0.2) is 12.0 Å². The minimum atomic E-state index is -4.18. The van der Waals surface area contributed by atoms with Crippen LogP contribution in [0.4, 0.5) is 13.2 Å². The van der Waals surface area contributed by atoms with Gasteiger partial charge in [-0.1, -0.05) is 6.42 Å². The van der Waals surface area contributed by atoms with Gasteiger partial charge in [-0.05, 0) is 31.4 Å². The number of Topliss-reactive ketones (excluding diaryl/α,β-unsaturated/α-hetero) is 1. The Morgan fingerprint density at radius 2 is 2.17 bits per heavy atom. The van der Waals surface area contributed by atoms with Gasteiger partial charge in [0.05, 0.1) is 18.6 Å². The lowest BCUT2D eigenvalue weighted by atomic mass is 9.78. The lowest BCUT2D eigenvalue weighted by Crippen LogP contribution is -2.32. The predicted molar refractivity (Wildman–Crippen MR) is 58.9 cm³/mol. The number of carbonyl (C=O) groups excluding carboxylic acids is 1. The van der Waals surface area contributed by atoms with E-state index in [1.165, 1.54) is 6.26 Å². The van der Waals surface area contributed by atoms with E-state index in [9.17, 15) is 18.0 Å². The van der Waals surface area contributed by atoms with Crippen LogP contribution >= 0.6 is 0 Å². The second kappa shape index (κ2) is 5.16. The van der Waals surface area contributed by atoms with Crippen molar-refractivity contribution in [2.24, 2.45) is 11.8 Å². The number of carbonyl (C=O) groups is 1. The normalized spacial score (nSPS) is 25.1. The maximum atomic E-state index is 12.6. The van der Waals surface area contributed by atoms with Crippen molar-refractivity contribution in [2.75, 3.05) is 0 Å². The van der Waals surface area contributed by atoms with Gasteiger partial charge in [0.2, 0.25) is 0 Å². The Labute approximate surface area is 103 Å². The Balaban J connectivity index is 1.94. The Morgan fingerprint density at radius 3 is 2.78 bits per heavy atom. The monoisotopic (exact) mass is 260 g/mol. The molecular formula is C13H15F3O2. The minimum Gasteiger partial charge on any atom is -0.469 e. The largest absolute Gasteiger partial charge is 0.469 e. The first-order chi connectivity index (χ1) is 8.47. The van der Waals surface area contributed by atoms with Crippen molar-refractivity contribution in [2.45, 2.75) is 38.3 Å². The molecule has 2 atom stereocenters. The molecular weight excluding hydrogens is 245 g/mol. The van der Waals surface area contributed by atoms with Crippen molar-refractivity contribution >= 4 is 5.78 Å². The van der Waals surface area contributed by atoms with E-state index in [1.54, 1.807) is 12.1 Å². The van der Waals surface area contributed by atoms with E-state index >= 15 is 0 Å². The van der Waals surface area contributed by atoms with Gasteiger partial charge >= 0.3 is 6.18 Å². The van der Waals surface area contributed by atoms with Gasteiger partial charge in [-0.15, -0.1) is 0 Å². The van der Waals surface area contributed by atoms with E-state index in [2.05, 4.69) is 0 Å². The summed E-state index contributed by atoms with van der Waals surface area (Å²) in [6, 6.07) is 3.34. The molecule has 0 aliphatic heterocycles. The predicted octanol–water partition coefficient (Wildman–Crippen LogP) is 3.76. The van der Waals surface area contributed by atoms with E-state index in [0.717, 1.165) is 0 Å². The Morgan fingerprint density at radius 1 is 1.39 bits per heavy atom. The molecule has 1 aromatic rings. The highest BCUT2D eigenvalue weighted by Crippen LogP contribution is 2.40. The molecule has 1 fully saturated rings. The molecule has 0 radical (unpaired) electrons. The van der Waals surface area contributed by atoms with Gasteiger partial charge in [0, 0.05) is 5.92 Å². The summed E-state index contributed by atoms with van der Waals surface area (Å²) in [6.07, 6.45) is -1.50. The number of alkyl halides is 3. The van der Waals surface area contributed by atoms with Crippen LogP contribution in [0.1, 0.15) is 31.4 Å². The van der Waals surface area contributed by atoms with E-state index in [0.29, 0.717) is 18.6 Å². The second-order valence-corrected chi connectivity index (χ2v) is 4.82. The van der Waals surface area contributed by atoms with Crippen LogP contribution in [0, 0.1) is 11.8 Å². The van der Waals surface area contributed by atoms with Crippen LogP contribution in [0.2, 0.25) is 0 Å². The molecule has 0 amide bonds. The van der Waals surface area contributed by atoms with Gasteiger partial charge in [0.1, 0.15) is 11.5 Å². The number of hydrogen-bond donors (Lipinski definition) is 0. The fourth-order valence-electron chi connectivity index (χ4n) is 2.51. The van der Waals surface area contributed by atoms with E-state index in [4.69, 9.17) is 4.42 Å². The molecule has 0 aromatic carbocycles. The van der Waals surface area contributed by atoms with Gasteiger partial charge < -0.3 is 4.42 Å². The lowest BCUT2D eigenvalue weighted by Gasteiger charge is -2.29. The number of rotatable bonds is 3. The highest BCUT2D eigenvalue weighted by atomic mass is 19.4. The number of halogens is 3. The maximum absolute atomic E-state index is 12.6. The van der Waals surface area contributed by atoms with Crippen LogP contribution in [-0.2, 0) is 11.2 Å². The standard InChI is InChI=1S/C13H15F3O2/c14-13(15,16)10-4-1-3-9(7-10)12(17)8-11-5-2-6-18-11/h2,5-6,9-10H,1,3-4,7-8H2. The maximum Gasteiger partial charge on any atom is 0.391 e. The molecule has 2 unspecified atom stereocenters. The summed E-state index contributed by atoms with van der Waals surface area (Å²) in [7, 11) is 0. The summed E-state index contributed by atoms with van der Waals surface area (Å²) >= 11 is 0. The van der Waals surface area contributed by atoms with Crippen molar-refractivity contribution < 1.29 is 22.4 Å². The summed E-state index contributed by atoms with van der Waals surface area (Å²) in [5.74, 6) is -1.42. The smallest absolute Gasteiger partial charge is 0.391 e. The number of furan rings is 1. The first-order valence-electron chi connectivity index (χ1n) is 6.08. The van der Waals surface area contributed by atoms with Crippen molar-refractivity contribution in [3.05, 3.63) is 24.2 Å². The molecule has 1 aliphatic rings. The molecule has 1 aromatic heterocycles. The van der Waals surface area contributed by atoms with Crippen LogP contribution in [0.15, 0.2) is 22.8 Å². The third-order valence-corrected chi connectivity index (χ3v) is 3.52. The zero-order valence-corrected chi connectivity index (χ0v) is 9.87. The SMILES string of the molecule is O=C(Cc1ccco1)C1CCCC(C(F)(F)F)C1. The van der Waals surface area contributed by atoms with Crippen molar-refractivity contribution in [3.8, 4) is 0 Å².